The second kappa shape index (κ2) is 11.4. The Morgan fingerprint density at radius 2 is 0.840 bits per heavy atom. The van der Waals surface area contributed by atoms with Crippen molar-refractivity contribution >= 4 is 49.3 Å². The third kappa shape index (κ3) is 4.52. The van der Waals surface area contributed by atoms with Crippen LogP contribution in [-0.2, 0) is 0 Å². The van der Waals surface area contributed by atoms with Gasteiger partial charge in [-0.05, 0) is 23.8 Å². The van der Waals surface area contributed by atoms with Crippen molar-refractivity contribution < 1.29 is 4.42 Å². The molecular formula is C45H28N4O. The lowest BCUT2D eigenvalue weighted by Gasteiger charge is -2.11. The number of benzene rings is 7. The summed E-state index contributed by atoms with van der Waals surface area (Å²) in [4.78, 5) is 14.7. The minimum Gasteiger partial charge on any atom is -0.454 e. The van der Waals surface area contributed by atoms with E-state index in [1.807, 2.05) is 66.7 Å². The predicted molar refractivity (Wildman–Crippen MR) is 204 cm³/mol. The number of hydrogen-bond donors (Lipinski definition) is 0. The van der Waals surface area contributed by atoms with Crippen molar-refractivity contribution in [2.75, 3.05) is 0 Å². The SMILES string of the molecule is c1ccc(-c2nc(-c3ccccc3)nc(-c3ccc(-c4cccc5c4oc4ccccc4n4c6ccccc6c6cccc5c64)cc3)n2)cc1. The van der Waals surface area contributed by atoms with Gasteiger partial charge in [-0.3, -0.25) is 0 Å². The molecule has 0 unspecified atom stereocenters. The van der Waals surface area contributed by atoms with Gasteiger partial charge in [-0.15, -0.1) is 0 Å². The second-order valence-corrected chi connectivity index (χ2v) is 12.4. The van der Waals surface area contributed by atoms with E-state index in [0.717, 1.165) is 60.8 Å². The highest BCUT2D eigenvalue weighted by atomic mass is 16.3. The van der Waals surface area contributed by atoms with Crippen LogP contribution in [0.2, 0.25) is 0 Å². The molecule has 0 aliphatic rings. The summed E-state index contributed by atoms with van der Waals surface area (Å²) < 4.78 is 9.31. The van der Waals surface area contributed by atoms with Crippen molar-refractivity contribution in [3.05, 3.63) is 170 Å². The Morgan fingerprint density at radius 1 is 0.360 bits per heavy atom. The summed E-state index contributed by atoms with van der Waals surface area (Å²) in [5, 5.41) is 4.62. The number of hydrogen-bond acceptors (Lipinski definition) is 4. The van der Waals surface area contributed by atoms with E-state index in [-0.39, 0.29) is 0 Å². The molecule has 5 nitrogen and oxygen atoms in total. The first-order valence-corrected chi connectivity index (χ1v) is 16.7. The Balaban J connectivity index is 1.18. The molecule has 10 aromatic rings. The first kappa shape index (κ1) is 28.2. The van der Waals surface area contributed by atoms with Crippen LogP contribution in [0.25, 0.3) is 94.6 Å². The van der Waals surface area contributed by atoms with Gasteiger partial charge in [-0.1, -0.05) is 152 Å². The van der Waals surface area contributed by atoms with Gasteiger partial charge < -0.3 is 8.82 Å². The average molecular weight is 641 g/mol. The highest BCUT2D eigenvalue weighted by Gasteiger charge is 2.17. The second-order valence-electron chi connectivity index (χ2n) is 12.4. The van der Waals surface area contributed by atoms with E-state index in [0.29, 0.717) is 17.5 Å². The van der Waals surface area contributed by atoms with Gasteiger partial charge >= 0.3 is 0 Å². The van der Waals surface area contributed by atoms with Crippen LogP contribution in [0.5, 0.6) is 0 Å². The molecule has 10 rings (SSSR count). The Bertz CT molecular complexity index is 2850. The molecule has 234 valence electrons. The number of para-hydroxylation sites is 5. The van der Waals surface area contributed by atoms with Gasteiger partial charge in [-0.2, -0.15) is 0 Å². The van der Waals surface area contributed by atoms with Crippen molar-refractivity contribution in [3.63, 3.8) is 0 Å². The Morgan fingerprint density at radius 3 is 1.52 bits per heavy atom. The van der Waals surface area contributed by atoms with Crippen molar-refractivity contribution in [2.24, 2.45) is 0 Å². The van der Waals surface area contributed by atoms with Gasteiger partial charge in [-0.25, -0.2) is 15.0 Å². The molecule has 7 aromatic carbocycles. The Labute approximate surface area is 287 Å². The van der Waals surface area contributed by atoms with Crippen molar-refractivity contribution in [1.82, 2.24) is 19.4 Å². The minimum atomic E-state index is 0.623. The normalized spacial score (nSPS) is 11.6. The van der Waals surface area contributed by atoms with Crippen LogP contribution in [-0.4, -0.2) is 19.4 Å². The maximum absolute atomic E-state index is 6.96. The number of fused-ring (bicyclic) bond motifs is 7. The van der Waals surface area contributed by atoms with Gasteiger partial charge in [0.2, 0.25) is 0 Å². The van der Waals surface area contributed by atoms with E-state index < -0.39 is 0 Å². The monoisotopic (exact) mass is 640 g/mol. The molecule has 0 saturated carbocycles. The average Bonchev–Trinajstić information content (AvgIpc) is 3.53. The zero-order valence-electron chi connectivity index (χ0n) is 26.9. The molecule has 0 bridgehead atoms. The molecule has 0 aliphatic carbocycles. The fourth-order valence-electron chi connectivity index (χ4n) is 7.15. The van der Waals surface area contributed by atoms with Gasteiger partial charge in [0.1, 0.15) is 5.58 Å². The standard InChI is InChI=1S/C45H28N4O/c1-3-13-30(14-4-1)43-46-44(31-15-5-2-6-16-31)48-45(47-43)32-27-25-29(26-28-32)33-18-11-21-37-36-20-12-19-35-34-17-7-8-22-38(34)49(41(35)36)39-23-9-10-24-40(39)50-42(33)37/h1-28H. The Kier molecular flexibility index (Phi) is 6.42. The summed E-state index contributed by atoms with van der Waals surface area (Å²) in [7, 11) is 0. The molecule has 0 atom stereocenters. The van der Waals surface area contributed by atoms with Gasteiger partial charge in [0.05, 0.1) is 16.6 Å². The molecule has 5 heteroatoms. The minimum absolute atomic E-state index is 0.623. The number of aromatic nitrogens is 4. The highest BCUT2D eigenvalue weighted by Crippen LogP contribution is 2.39. The van der Waals surface area contributed by atoms with Crippen molar-refractivity contribution in [3.8, 4) is 45.3 Å². The fourth-order valence-corrected chi connectivity index (χ4v) is 7.15. The Hall–Kier alpha value is -6.85. The number of rotatable bonds is 4. The highest BCUT2D eigenvalue weighted by molar-refractivity contribution is 6.20. The lowest BCUT2D eigenvalue weighted by atomic mass is 9.99. The smallest absolute Gasteiger partial charge is 0.164 e. The van der Waals surface area contributed by atoms with Crippen LogP contribution in [0.3, 0.4) is 0 Å². The largest absolute Gasteiger partial charge is 0.454 e. The van der Waals surface area contributed by atoms with Gasteiger partial charge in [0.15, 0.2) is 23.1 Å². The molecule has 0 radical (unpaired) electrons. The van der Waals surface area contributed by atoms with Crippen LogP contribution in [0, 0.1) is 0 Å². The summed E-state index contributed by atoms with van der Waals surface area (Å²) in [6, 6.07) is 58.4. The summed E-state index contributed by atoms with van der Waals surface area (Å²) in [5.41, 5.74) is 9.83. The first-order chi connectivity index (χ1) is 24.8. The van der Waals surface area contributed by atoms with E-state index in [1.54, 1.807) is 0 Å². The number of nitrogens with zero attached hydrogens (tertiary/aromatic N) is 4. The zero-order chi connectivity index (χ0) is 33.0. The maximum Gasteiger partial charge on any atom is 0.164 e. The van der Waals surface area contributed by atoms with E-state index >= 15 is 0 Å². The molecule has 0 saturated heterocycles. The van der Waals surface area contributed by atoms with Crippen LogP contribution in [0.1, 0.15) is 0 Å². The lowest BCUT2D eigenvalue weighted by molar-refractivity contribution is 0.662. The topological polar surface area (TPSA) is 56.2 Å². The molecule has 3 aromatic heterocycles. The fraction of sp³-hybridized carbons (Fsp3) is 0. The van der Waals surface area contributed by atoms with Crippen molar-refractivity contribution in [1.29, 1.82) is 0 Å². The van der Waals surface area contributed by atoms with Crippen molar-refractivity contribution in [2.45, 2.75) is 0 Å². The summed E-state index contributed by atoms with van der Waals surface area (Å²) in [5.74, 6) is 1.90. The van der Waals surface area contributed by atoms with Crippen LogP contribution >= 0.6 is 0 Å². The molecule has 0 N–H and O–H groups in total. The molecule has 0 spiro atoms. The van der Waals surface area contributed by atoms with Gasteiger partial charge in [0.25, 0.3) is 0 Å². The molecular weight excluding hydrogens is 613 g/mol. The summed E-state index contributed by atoms with van der Waals surface area (Å²) >= 11 is 0. The van der Waals surface area contributed by atoms with Crippen LogP contribution in [0.4, 0.5) is 0 Å². The lowest BCUT2D eigenvalue weighted by Crippen LogP contribution is -2.00. The summed E-state index contributed by atoms with van der Waals surface area (Å²) in [6.07, 6.45) is 0. The van der Waals surface area contributed by atoms with Crippen LogP contribution in [0.15, 0.2) is 174 Å². The van der Waals surface area contributed by atoms with Crippen LogP contribution < -0.4 is 0 Å². The van der Waals surface area contributed by atoms with E-state index in [2.05, 4.69) is 108 Å². The third-order valence-electron chi connectivity index (χ3n) is 9.47. The quantitative estimate of drug-likeness (QED) is 0.192. The van der Waals surface area contributed by atoms with E-state index in [9.17, 15) is 0 Å². The molecule has 0 aliphatic heterocycles. The molecule has 3 heterocycles. The maximum atomic E-state index is 6.96. The van der Waals surface area contributed by atoms with Gasteiger partial charge in [0, 0.05) is 43.8 Å². The van der Waals surface area contributed by atoms with E-state index in [1.165, 1.54) is 16.3 Å². The molecule has 50 heavy (non-hydrogen) atoms. The third-order valence-corrected chi connectivity index (χ3v) is 9.47. The zero-order valence-corrected chi connectivity index (χ0v) is 26.9. The molecule has 0 fully saturated rings. The van der Waals surface area contributed by atoms with E-state index in [4.69, 9.17) is 19.4 Å². The molecule has 0 amide bonds. The summed E-state index contributed by atoms with van der Waals surface area (Å²) in [6.45, 7) is 0. The first-order valence-electron chi connectivity index (χ1n) is 16.7. The predicted octanol–water partition coefficient (Wildman–Crippen LogP) is 11.6.